The van der Waals surface area contributed by atoms with Crippen LogP contribution in [0.4, 0.5) is 0 Å². The lowest BCUT2D eigenvalue weighted by Crippen LogP contribution is -2.33. The van der Waals surface area contributed by atoms with Crippen molar-refractivity contribution in [1.82, 2.24) is 10.2 Å². The maximum atomic E-state index is 5.85. The lowest BCUT2D eigenvalue weighted by atomic mass is 10.1. The Morgan fingerprint density at radius 1 is 1.33 bits per heavy atom. The third-order valence-corrected chi connectivity index (χ3v) is 4.84. The number of nitrogens with zero attached hydrogens (tertiary/aromatic N) is 1. The van der Waals surface area contributed by atoms with Gasteiger partial charge in [0, 0.05) is 41.8 Å². The first kappa shape index (κ1) is 15.3. The topological polar surface area (TPSA) is 24.5 Å². The zero-order valence-corrected chi connectivity index (χ0v) is 14.4. The van der Waals surface area contributed by atoms with Crippen LogP contribution in [0.25, 0.3) is 0 Å². The fraction of sp³-hybridized carbons (Fsp3) is 0.647. The van der Waals surface area contributed by atoms with Crippen molar-refractivity contribution in [3.05, 3.63) is 28.2 Å². The van der Waals surface area contributed by atoms with E-state index in [0.29, 0.717) is 6.04 Å². The Hall–Kier alpha value is -0.580. The summed E-state index contributed by atoms with van der Waals surface area (Å²) in [6.07, 6.45) is 5.14. The summed E-state index contributed by atoms with van der Waals surface area (Å²) in [4.78, 5) is 2.65. The Kier molecular flexibility index (Phi) is 5.19. The molecular formula is C17H25BrN2O. The average Bonchev–Trinajstić information content (AvgIpc) is 3.23. The molecule has 2 fully saturated rings. The highest BCUT2D eigenvalue weighted by atomic mass is 79.9. The highest BCUT2D eigenvalue weighted by molar-refractivity contribution is 9.10. The van der Waals surface area contributed by atoms with Crippen molar-refractivity contribution < 1.29 is 4.74 Å². The first-order valence-corrected chi connectivity index (χ1v) is 8.94. The number of rotatable bonds is 7. The van der Waals surface area contributed by atoms with Gasteiger partial charge in [-0.1, -0.05) is 22.9 Å². The van der Waals surface area contributed by atoms with E-state index in [1.54, 1.807) is 0 Å². The first-order valence-electron chi connectivity index (χ1n) is 8.15. The van der Waals surface area contributed by atoms with Gasteiger partial charge in [0.25, 0.3) is 0 Å². The molecule has 0 bridgehead atoms. The van der Waals surface area contributed by atoms with Gasteiger partial charge in [0.2, 0.25) is 0 Å². The van der Waals surface area contributed by atoms with Crippen LogP contribution in [-0.2, 0) is 6.54 Å². The lowest BCUT2D eigenvalue weighted by Gasteiger charge is -2.17. The van der Waals surface area contributed by atoms with Gasteiger partial charge in [0.05, 0.1) is 6.61 Å². The van der Waals surface area contributed by atoms with Gasteiger partial charge in [-0.25, -0.2) is 0 Å². The maximum absolute atomic E-state index is 5.85. The molecule has 0 amide bonds. The van der Waals surface area contributed by atoms with E-state index < -0.39 is 0 Å². The molecule has 0 aromatic heterocycles. The van der Waals surface area contributed by atoms with Crippen LogP contribution in [-0.4, -0.2) is 36.7 Å². The van der Waals surface area contributed by atoms with E-state index in [9.17, 15) is 0 Å². The predicted molar refractivity (Wildman–Crippen MR) is 89.8 cm³/mol. The first-order chi connectivity index (χ1) is 10.3. The summed E-state index contributed by atoms with van der Waals surface area (Å²) in [5.74, 6) is 1.02. The van der Waals surface area contributed by atoms with Crippen molar-refractivity contribution in [3.63, 3.8) is 0 Å². The molecule has 21 heavy (non-hydrogen) atoms. The number of nitrogens with one attached hydrogen (secondary N) is 1. The van der Waals surface area contributed by atoms with E-state index in [0.717, 1.165) is 35.8 Å². The molecule has 1 unspecified atom stereocenters. The maximum Gasteiger partial charge on any atom is 0.123 e. The van der Waals surface area contributed by atoms with Crippen molar-refractivity contribution in [3.8, 4) is 5.75 Å². The van der Waals surface area contributed by atoms with Gasteiger partial charge in [0.1, 0.15) is 5.75 Å². The zero-order chi connectivity index (χ0) is 14.7. The molecule has 1 heterocycles. The minimum Gasteiger partial charge on any atom is -0.493 e. The Morgan fingerprint density at radius 3 is 2.95 bits per heavy atom. The minimum absolute atomic E-state index is 0.628. The Balaban J connectivity index is 1.55. The molecule has 4 heteroatoms. The molecule has 0 radical (unpaired) electrons. The summed E-state index contributed by atoms with van der Waals surface area (Å²) in [6.45, 7) is 6.29. The minimum atomic E-state index is 0.628. The van der Waals surface area contributed by atoms with E-state index >= 15 is 0 Å². The van der Waals surface area contributed by atoms with E-state index in [4.69, 9.17) is 4.74 Å². The second-order valence-electron chi connectivity index (χ2n) is 6.19. The molecule has 1 aromatic rings. The van der Waals surface area contributed by atoms with Gasteiger partial charge in [-0.05, 0) is 43.9 Å². The number of ether oxygens (including phenoxy) is 1. The van der Waals surface area contributed by atoms with Crippen molar-refractivity contribution in [2.75, 3.05) is 19.7 Å². The summed E-state index contributed by atoms with van der Waals surface area (Å²) in [6, 6.07) is 7.82. The molecule has 1 saturated heterocycles. The molecule has 3 rings (SSSR count). The third-order valence-electron chi connectivity index (χ3n) is 4.35. The fourth-order valence-electron chi connectivity index (χ4n) is 3.02. The summed E-state index contributed by atoms with van der Waals surface area (Å²) in [5.41, 5.74) is 1.25. The number of likely N-dealkylation sites (tertiary alicyclic amines) is 1. The molecule has 1 saturated carbocycles. The quantitative estimate of drug-likeness (QED) is 0.811. The number of halogens is 1. The third kappa shape index (κ3) is 4.21. The molecule has 1 aliphatic carbocycles. The van der Waals surface area contributed by atoms with Gasteiger partial charge >= 0.3 is 0 Å². The standard InChI is InChI=1S/C17H25BrN2O/c1-2-9-21-17-6-3-14(18)10-13(17)11-19-15-7-8-20(12-15)16-4-5-16/h3,6,10,15-16,19H,2,4-5,7-9,11-12H2,1H3. The number of benzene rings is 1. The molecule has 1 aromatic carbocycles. The van der Waals surface area contributed by atoms with Crippen molar-refractivity contribution in [2.45, 2.75) is 51.2 Å². The van der Waals surface area contributed by atoms with Gasteiger partial charge in [-0.15, -0.1) is 0 Å². The Labute approximate surface area is 136 Å². The highest BCUT2D eigenvalue weighted by Crippen LogP contribution is 2.30. The summed E-state index contributed by atoms with van der Waals surface area (Å²) < 4.78 is 6.97. The van der Waals surface area contributed by atoms with E-state index in [1.165, 1.54) is 37.9 Å². The molecule has 1 atom stereocenters. The second kappa shape index (κ2) is 7.12. The van der Waals surface area contributed by atoms with Gasteiger partial charge < -0.3 is 10.1 Å². The molecule has 1 N–H and O–H groups in total. The van der Waals surface area contributed by atoms with Crippen LogP contribution in [0.3, 0.4) is 0 Å². The number of hydrogen-bond donors (Lipinski definition) is 1. The molecule has 1 aliphatic heterocycles. The van der Waals surface area contributed by atoms with Crippen molar-refractivity contribution in [2.24, 2.45) is 0 Å². The van der Waals surface area contributed by atoms with Crippen LogP contribution in [0.5, 0.6) is 5.75 Å². The zero-order valence-electron chi connectivity index (χ0n) is 12.8. The molecule has 3 nitrogen and oxygen atoms in total. The van der Waals surface area contributed by atoms with Crippen LogP contribution >= 0.6 is 15.9 Å². The summed E-state index contributed by atoms with van der Waals surface area (Å²) >= 11 is 3.56. The lowest BCUT2D eigenvalue weighted by molar-refractivity contribution is 0.309. The van der Waals surface area contributed by atoms with E-state index in [-0.39, 0.29) is 0 Å². The SMILES string of the molecule is CCCOc1ccc(Br)cc1CNC1CCN(C2CC2)C1. The smallest absolute Gasteiger partial charge is 0.123 e. The van der Waals surface area contributed by atoms with Crippen LogP contribution in [0.2, 0.25) is 0 Å². The van der Waals surface area contributed by atoms with Crippen LogP contribution in [0.15, 0.2) is 22.7 Å². The second-order valence-corrected chi connectivity index (χ2v) is 7.11. The monoisotopic (exact) mass is 352 g/mol. The van der Waals surface area contributed by atoms with Crippen molar-refractivity contribution >= 4 is 15.9 Å². The Bertz CT molecular complexity index is 476. The fourth-order valence-corrected chi connectivity index (χ4v) is 3.43. The summed E-state index contributed by atoms with van der Waals surface area (Å²) in [5, 5.41) is 3.71. The predicted octanol–water partition coefficient (Wildman–Crippen LogP) is 3.56. The average molecular weight is 353 g/mol. The summed E-state index contributed by atoms with van der Waals surface area (Å²) in [7, 11) is 0. The van der Waals surface area contributed by atoms with Gasteiger partial charge in [0.15, 0.2) is 0 Å². The molecular weight excluding hydrogens is 328 g/mol. The van der Waals surface area contributed by atoms with Gasteiger partial charge in [-0.3, -0.25) is 4.90 Å². The van der Waals surface area contributed by atoms with E-state index in [1.807, 2.05) is 0 Å². The molecule has 0 spiro atoms. The highest BCUT2D eigenvalue weighted by Gasteiger charge is 2.34. The van der Waals surface area contributed by atoms with Crippen molar-refractivity contribution in [1.29, 1.82) is 0 Å². The van der Waals surface area contributed by atoms with Gasteiger partial charge in [-0.2, -0.15) is 0 Å². The van der Waals surface area contributed by atoms with Crippen LogP contribution in [0.1, 0.15) is 38.2 Å². The Morgan fingerprint density at radius 2 is 2.19 bits per heavy atom. The normalized spacial score (nSPS) is 22.7. The van der Waals surface area contributed by atoms with E-state index in [2.05, 4.69) is 51.3 Å². The van der Waals surface area contributed by atoms with Crippen LogP contribution in [0, 0.1) is 0 Å². The molecule has 116 valence electrons. The largest absolute Gasteiger partial charge is 0.493 e. The van der Waals surface area contributed by atoms with Crippen LogP contribution < -0.4 is 10.1 Å². The number of hydrogen-bond acceptors (Lipinski definition) is 3. The molecule has 2 aliphatic rings.